The van der Waals surface area contributed by atoms with Crippen LogP contribution in [-0.2, 0) is 11.4 Å². The minimum atomic E-state index is -0.586. The zero-order valence-corrected chi connectivity index (χ0v) is 16.6. The van der Waals surface area contributed by atoms with Crippen molar-refractivity contribution in [2.75, 3.05) is 12.4 Å². The second-order valence-electron chi connectivity index (χ2n) is 6.48. The Hall–Kier alpha value is -3.47. The highest BCUT2D eigenvalue weighted by Crippen LogP contribution is 2.21. The van der Waals surface area contributed by atoms with Crippen molar-refractivity contribution in [1.29, 1.82) is 0 Å². The van der Waals surface area contributed by atoms with Crippen molar-refractivity contribution >= 4 is 11.6 Å². The van der Waals surface area contributed by atoms with Gasteiger partial charge in [-0.1, -0.05) is 37.3 Å². The summed E-state index contributed by atoms with van der Waals surface area (Å²) in [6, 6.07) is 24.5. The molecule has 0 aromatic heterocycles. The lowest BCUT2D eigenvalue weighted by Crippen LogP contribution is -2.32. The number of hydrogen-bond donors (Lipinski definition) is 1. The van der Waals surface area contributed by atoms with Crippen LogP contribution < -0.4 is 19.5 Å². The van der Waals surface area contributed by atoms with Crippen molar-refractivity contribution < 1.29 is 19.0 Å². The highest BCUT2D eigenvalue weighted by atomic mass is 16.5. The number of ether oxygens (including phenoxy) is 3. The Balaban J connectivity index is 1.54. The number of rotatable bonds is 9. The van der Waals surface area contributed by atoms with E-state index in [-0.39, 0.29) is 5.91 Å². The maximum Gasteiger partial charge on any atom is 0.265 e. The lowest BCUT2D eigenvalue weighted by Gasteiger charge is -2.17. The zero-order chi connectivity index (χ0) is 20.5. The standard InChI is InChI=1S/C24H25NO4/c1-3-23(29-22-15-13-20(27-2)14-16-22)24(26)25-19-9-11-21(12-10-19)28-17-18-7-5-4-6-8-18/h4-16,23H,3,17H2,1-2H3,(H,25,26)/t23-/m0/s1. The van der Waals surface area contributed by atoms with E-state index in [0.29, 0.717) is 24.5 Å². The van der Waals surface area contributed by atoms with Gasteiger partial charge in [-0.05, 0) is 60.5 Å². The van der Waals surface area contributed by atoms with Gasteiger partial charge in [0.25, 0.3) is 5.91 Å². The fourth-order valence-corrected chi connectivity index (χ4v) is 2.74. The smallest absolute Gasteiger partial charge is 0.265 e. The summed E-state index contributed by atoms with van der Waals surface area (Å²) in [5, 5.41) is 2.89. The molecule has 0 radical (unpaired) electrons. The van der Waals surface area contributed by atoms with Crippen LogP contribution in [-0.4, -0.2) is 19.1 Å². The van der Waals surface area contributed by atoms with Crippen LogP contribution >= 0.6 is 0 Å². The molecule has 0 saturated carbocycles. The lowest BCUT2D eigenvalue weighted by molar-refractivity contribution is -0.122. The zero-order valence-electron chi connectivity index (χ0n) is 16.6. The van der Waals surface area contributed by atoms with Gasteiger partial charge in [-0.25, -0.2) is 0 Å². The SMILES string of the molecule is CC[C@H](Oc1ccc(OC)cc1)C(=O)Nc1ccc(OCc2ccccc2)cc1. The molecule has 0 aliphatic rings. The fraction of sp³-hybridized carbons (Fsp3) is 0.208. The van der Waals surface area contributed by atoms with Gasteiger partial charge in [-0.3, -0.25) is 4.79 Å². The average molecular weight is 391 g/mol. The summed E-state index contributed by atoms with van der Waals surface area (Å²) in [5.74, 6) is 1.91. The van der Waals surface area contributed by atoms with Crippen molar-refractivity contribution in [2.24, 2.45) is 0 Å². The molecule has 0 aliphatic carbocycles. The number of benzene rings is 3. The third-order valence-corrected chi connectivity index (χ3v) is 4.37. The summed E-state index contributed by atoms with van der Waals surface area (Å²) >= 11 is 0. The quantitative estimate of drug-likeness (QED) is 0.553. The molecule has 150 valence electrons. The molecular formula is C24H25NO4. The van der Waals surface area contributed by atoms with Gasteiger partial charge in [0, 0.05) is 5.69 Å². The van der Waals surface area contributed by atoms with Gasteiger partial charge >= 0.3 is 0 Å². The van der Waals surface area contributed by atoms with E-state index in [1.165, 1.54) is 0 Å². The van der Waals surface area contributed by atoms with Gasteiger partial charge in [0.2, 0.25) is 0 Å². The molecule has 5 nitrogen and oxygen atoms in total. The summed E-state index contributed by atoms with van der Waals surface area (Å²) in [6.07, 6.45) is -0.0340. The average Bonchev–Trinajstić information content (AvgIpc) is 2.78. The molecule has 5 heteroatoms. The normalized spacial score (nSPS) is 11.4. The van der Waals surface area contributed by atoms with E-state index in [2.05, 4.69) is 5.32 Å². The van der Waals surface area contributed by atoms with E-state index in [0.717, 1.165) is 17.1 Å². The second-order valence-corrected chi connectivity index (χ2v) is 6.48. The molecule has 3 aromatic rings. The van der Waals surface area contributed by atoms with Crippen LogP contribution in [0, 0.1) is 0 Å². The molecule has 0 fully saturated rings. The number of carbonyl (C=O) groups is 1. The third-order valence-electron chi connectivity index (χ3n) is 4.37. The maximum atomic E-state index is 12.6. The molecule has 29 heavy (non-hydrogen) atoms. The first-order chi connectivity index (χ1) is 14.2. The van der Waals surface area contributed by atoms with Crippen LogP contribution in [0.25, 0.3) is 0 Å². The minimum absolute atomic E-state index is 0.193. The summed E-state index contributed by atoms with van der Waals surface area (Å²) in [5.41, 5.74) is 1.80. The summed E-state index contributed by atoms with van der Waals surface area (Å²) in [4.78, 5) is 12.6. The number of methoxy groups -OCH3 is 1. The summed E-state index contributed by atoms with van der Waals surface area (Å²) < 4.78 is 16.7. The molecular weight excluding hydrogens is 366 g/mol. The Kier molecular flexibility index (Phi) is 7.11. The largest absolute Gasteiger partial charge is 0.497 e. The van der Waals surface area contributed by atoms with Crippen LogP contribution in [0.4, 0.5) is 5.69 Å². The number of amides is 1. The molecule has 1 amide bonds. The van der Waals surface area contributed by atoms with E-state index in [1.807, 2.05) is 61.5 Å². The van der Waals surface area contributed by atoms with E-state index in [4.69, 9.17) is 14.2 Å². The topological polar surface area (TPSA) is 56.8 Å². The predicted octanol–water partition coefficient (Wildman–Crippen LogP) is 5.07. The first kappa shape index (κ1) is 20.3. The monoisotopic (exact) mass is 391 g/mol. The first-order valence-electron chi connectivity index (χ1n) is 9.56. The number of anilines is 1. The van der Waals surface area contributed by atoms with Gasteiger partial charge in [0.1, 0.15) is 23.9 Å². The highest BCUT2D eigenvalue weighted by molar-refractivity contribution is 5.94. The van der Waals surface area contributed by atoms with Crippen LogP contribution in [0.5, 0.6) is 17.2 Å². The predicted molar refractivity (Wildman–Crippen MR) is 114 cm³/mol. The summed E-state index contributed by atoms with van der Waals surface area (Å²) in [6.45, 7) is 2.41. The number of carbonyl (C=O) groups excluding carboxylic acids is 1. The van der Waals surface area contributed by atoms with Crippen molar-refractivity contribution in [3.05, 3.63) is 84.4 Å². The first-order valence-corrected chi connectivity index (χ1v) is 9.56. The van der Waals surface area contributed by atoms with Gasteiger partial charge in [-0.2, -0.15) is 0 Å². The Morgan fingerprint density at radius 1 is 0.862 bits per heavy atom. The van der Waals surface area contributed by atoms with Crippen LogP contribution in [0.15, 0.2) is 78.9 Å². The van der Waals surface area contributed by atoms with E-state index < -0.39 is 6.10 Å². The highest BCUT2D eigenvalue weighted by Gasteiger charge is 2.18. The molecule has 0 saturated heterocycles. The van der Waals surface area contributed by atoms with Gasteiger partial charge in [-0.15, -0.1) is 0 Å². The van der Waals surface area contributed by atoms with Crippen molar-refractivity contribution in [3.63, 3.8) is 0 Å². The van der Waals surface area contributed by atoms with Crippen LogP contribution in [0.2, 0.25) is 0 Å². The van der Waals surface area contributed by atoms with Gasteiger partial charge in [0.15, 0.2) is 6.10 Å². The van der Waals surface area contributed by atoms with E-state index in [1.54, 1.807) is 31.4 Å². The summed E-state index contributed by atoms with van der Waals surface area (Å²) in [7, 11) is 1.61. The Labute approximate surface area is 171 Å². The Morgan fingerprint density at radius 3 is 2.10 bits per heavy atom. The fourth-order valence-electron chi connectivity index (χ4n) is 2.74. The third kappa shape index (κ3) is 6.01. The van der Waals surface area contributed by atoms with Crippen LogP contribution in [0.3, 0.4) is 0 Å². The second kappa shape index (κ2) is 10.2. The molecule has 0 aliphatic heterocycles. The van der Waals surface area contributed by atoms with Crippen LogP contribution in [0.1, 0.15) is 18.9 Å². The van der Waals surface area contributed by atoms with Crippen molar-refractivity contribution in [1.82, 2.24) is 0 Å². The molecule has 0 unspecified atom stereocenters. The van der Waals surface area contributed by atoms with Gasteiger partial charge < -0.3 is 19.5 Å². The van der Waals surface area contributed by atoms with E-state index >= 15 is 0 Å². The molecule has 0 spiro atoms. The van der Waals surface area contributed by atoms with Crippen molar-refractivity contribution in [2.45, 2.75) is 26.1 Å². The molecule has 0 bridgehead atoms. The minimum Gasteiger partial charge on any atom is -0.497 e. The van der Waals surface area contributed by atoms with E-state index in [9.17, 15) is 4.79 Å². The number of hydrogen-bond acceptors (Lipinski definition) is 4. The van der Waals surface area contributed by atoms with Crippen molar-refractivity contribution in [3.8, 4) is 17.2 Å². The Morgan fingerprint density at radius 2 is 1.48 bits per heavy atom. The molecule has 1 atom stereocenters. The molecule has 3 rings (SSSR count). The molecule has 1 N–H and O–H groups in total. The van der Waals surface area contributed by atoms with Gasteiger partial charge in [0.05, 0.1) is 7.11 Å². The maximum absolute atomic E-state index is 12.6. The lowest BCUT2D eigenvalue weighted by atomic mass is 10.2. The Bertz CT molecular complexity index is 892. The molecule has 0 heterocycles. The number of nitrogens with one attached hydrogen (secondary N) is 1. The molecule has 3 aromatic carbocycles.